The standard InChI is InChI=1S/C2H6N2OS/c1-3-4-6(2)5/h1-2H3/b4-3-. The topological polar surface area (TPSA) is 47.8 Å². The van der Waals surface area contributed by atoms with Crippen molar-refractivity contribution in [3.63, 3.8) is 0 Å². The fraction of sp³-hybridized carbons (Fsp3) is 1.00. The number of hydrogen-bond donors (Lipinski definition) is 0. The van der Waals surface area contributed by atoms with Crippen molar-refractivity contribution in [3.05, 3.63) is 0 Å². The van der Waals surface area contributed by atoms with E-state index in [1.807, 2.05) is 0 Å². The quantitative estimate of drug-likeness (QED) is 0.351. The van der Waals surface area contributed by atoms with Crippen molar-refractivity contribution in [3.8, 4) is 0 Å². The van der Waals surface area contributed by atoms with Crippen molar-refractivity contribution in [2.24, 2.45) is 9.63 Å². The predicted molar refractivity (Wildman–Crippen MR) is 24.8 cm³/mol. The summed E-state index contributed by atoms with van der Waals surface area (Å²) < 4.78 is 13.1. The van der Waals surface area contributed by atoms with Crippen molar-refractivity contribution in [1.29, 1.82) is 0 Å². The van der Waals surface area contributed by atoms with Gasteiger partial charge in [0.15, 0.2) is 0 Å². The molecule has 0 heterocycles. The van der Waals surface area contributed by atoms with Gasteiger partial charge in [0.1, 0.15) is 17.6 Å². The van der Waals surface area contributed by atoms with Crippen LogP contribution in [-0.4, -0.2) is 17.9 Å². The molecule has 0 aromatic heterocycles. The summed E-state index contributed by atoms with van der Waals surface area (Å²) in [5.74, 6) is 0. The summed E-state index contributed by atoms with van der Waals surface area (Å²) in [4.78, 5) is 0. The maximum Gasteiger partial charge on any atom is 0.125 e. The van der Waals surface area contributed by atoms with Crippen molar-refractivity contribution in [2.75, 3.05) is 13.3 Å². The molecule has 0 N–H and O–H groups in total. The van der Waals surface area contributed by atoms with Crippen LogP contribution in [0.3, 0.4) is 0 Å². The molecule has 0 amide bonds. The largest absolute Gasteiger partial charge is 0.590 e. The lowest BCUT2D eigenvalue weighted by Crippen LogP contribution is -1.85. The molecule has 0 rings (SSSR count). The van der Waals surface area contributed by atoms with Crippen molar-refractivity contribution < 1.29 is 4.55 Å². The molecule has 0 radical (unpaired) electrons. The Bertz CT molecular complexity index is 53.5. The van der Waals surface area contributed by atoms with Gasteiger partial charge in [0, 0.05) is 4.52 Å². The highest BCUT2D eigenvalue weighted by Crippen LogP contribution is 1.81. The van der Waals surface area contributed by atoms with Gasteiger partial charge < -0.3 is 4.55 Å². The Morgan fingerprint density at radius 1 is 1.67 bits per heavy atom. The first-order chi connectivity index (χ1) is 2.77. The van der Waals surface area contributed by atoms with E-state index in [-0.39, 0.29) is 0 Å². The van der Waals surface area contributed by atoms with Crippen LogP contribution in [0.4, 0.5) is 0 Å². The molecule has 36 valence electrons. The molecule has 0 saturated heterocycles. The molecular formula is C2H6N2OS. The number of nitrogens with zero attached hydrogens (tertiary/aromatic N) is 2. The van der Waals surface area contributed by atoms with E-state index < -0.39 is 11.4 Å². The molecule has 0 spiro atoms. The third-order valence-electron chi connectivity index (χ3n) is 0.197. The normalized spacial score (nSPS) is 15.8. The molecule has 3 nitrogen and oxygen atoms in total. The van der Waals surface area contributed by atoms with Crippen LogP contribution in [0.1, 0.15) is 0 Å². The van der Waals surface area contributed by atoms with Gasteiger partial charge >= 0.3 is 0 Å². The summed E-state index contributed by atoms with van der Waals surface area (Å²) >= 11 is -1.11. The van der Waals surface area contributed by atoms with Crippen molar-refractivity contribution in [1.82, 2.24) is 0 Å². The average Bonchev–Trinajstić information content (AvgIpc) is 1.35. The summed E-state index contributed by atoms with van der Waals surface area (Å²) in [5, 5.41) is 3.26. The van der Waals surface area contributed by atoms with E-state index in [0.717, 1.165) is 0 Å². The van der Waals surface area contributed by atoms with Gasteiger partial charge in [-0.3, -0.25) is 0 Å². The van der Waals surface area contributed by atoms with Gasteiger partial charge in [-0.25, -0.2) is 0 Å². The Labute approximate surface area is 39.8 Å². The van der Waals surface area contributed by atoms with E-state index in [1.165, 1.54) is 13.3 Å². The van der Waals surface area contributed by atoms with Crippen LogP contribution in [0.25, 0.3) is 0 Å². The molecule has 0 aliphatic heterocycles. The van der Waals surface area contributed by atoms with Crippen LogP contribution in [-0.2, 0) is 11.4 Å². The SMILES string of the molecule is C/N=N\[S+](C)[O-]. The Hall–Kier alpha value is -0.0900. The van der Waals surface area contributed by atoms with Crippen LogP contribution < -0.4 is 0 Å². The average molecular weight is 106 g/mol. The molecule has 0 aromatic carbocycles. The zero-order chi connectivity index (χ0) is 4.99. The summed E-state index contributed by atoms with van der Waals surface area (Å²) in [7, 11) is 1.49. The summed E-state index contributed by atoms with van der Waals surface area (Å²) in [6, 6.07) is 0. The van der Waals surface area contributed by atoms with E-state index >= 15 is 0 Å². The van der Waals surface area contributed by atoms with Gasteiger partial charge in [0.25, 0.3) is 0 Å². The minimum Gasteiger partial charge on any atom is -0.590 e. The Morgan fingerprint density at radius 3 is 2.17 bits per heavy atom. The lowest BCUT2D eigenvalue weighted by Gasteiger charge is -1.86. The molecule has 0 saturated carbocycles. The molecule has 0 aliphatic rings. The molecular weight excluding hydrogens is 100 g/mol. The van der Waals surface area contributed by atoms with Crippen molar-refractivity contribution >= 4 is 11.4 Å². The molecule has 0 bridgehead atoms. The maximum atomic E-state index is 9.89. The lowest BCUT2D eigenvalue weighted by molar-refractivity contribution is 0.600. The van der Waals surface area contributed by atoms with Crippen LogP contribution >= 0.6 is 0 Å². The minimum atomic E-state index is -1.11. The highest BCUT2D eigenvalue weighted by Gasteiger charge is 1.82. The van der Waals surface area contributed by atoms with Crippen LogP contribution in [0.5, 0.6) is 0 Å². The summed E-state index contributed by atoms with van der Waals surface area (Å²) in [6.45, 7) is 0. The first kappa shape index (κ1) is 5.91. The molecule has 4 heteroatoms. The fourth-order valence-corrected chi connectivity index (χ4v) is 0.345. The maximum absolute atomic E-state index is 9.89. The van der Waals surface area contributed by atoms with E-state index in [2.05, 4.69) is 9.63 Å². The van der Waals surface area contributed by atoms with Crippen LogP contribution in [0.15, 0.2) is 9.63 Å². The van der Waals surface area contributed by atoms with Gasteiger partial charge in [0.2, 0.25) is 0 Å². The van der Waals surface area contributed by atoms with Gasteiger partial charge in [0.05, 0.1) is 7.05 Å². The zero-order valence-corrected chi connectivity index (χ0v) is 4.53. The van der Waals surface area contributed by atoms with Crippen LogP contribution in [0, 0.1) is 0 Å². The molecule has 6 heavy (non-hydrogen) atoms. The molecule has 0 aliphatic carbocycles. The van der Waals surface area contributed by atoms with E-state index in [4.69, 9.17) is 0 Å². The van der Waals surface area contributed by atoms with E-state index in [1.54, 1.807) is 0 Å². The van der Waals surface area contributed by atoms with Gasteiger partial charge in [-0.05, 0) is 0 Å². The third-order valence-corrected chi connectivity index (χ3v) is 0.590. The van der Waals surface area contributed by atoms with Crippen LogP contribution in [0.2, 0.25) is 0 Å². The smallest absolute Gasteiger partial charge is 0.125 e. The van der Waals surface area contributed by atoms with Gasteiger partial charge in [-0.15, -0.1) is 5.11 Å². The number of rotatable bonds is 1. The Balaban J connectivity index is 3.03. The first-order valence-electron chi connectivity index (χ1n) is 1.40. The summed E-state index contributed by atoms with van der Waals surface area (Å²) in [5.41, 5.74) is 0. The Morgan fingerprint density at radius 2 is 2.17 bits per heavy atom. The fourth-order valence-electron chi connectivity index (χ4n) is 0.115. The Kier molecular flexibility index (Phi) is 3.07. The number of hydrogen-bond acceptors (Lipinski definition) is 3. The highest BCUT2D eigenvalue weighted by molar-refractivity contribution is 7.89. The second-order valence-electron chi connectivity index (χ2n) is 0.705. The first-order valence-corrected chi connectivity index (χ1v) is 2.92. The summed E-state index contributed by atoms with van der Waals surface area (Å²) in [6.07, 6.45) is 1.47. The van der Waals surface area contributed by atoms with E-state index in [0.29, 0.717) is 0 Å². The highest BCUT2D eigenvalue weighted by atomic mass is 32.2. The van der Waals surface area contributed by atoms with Gasteiger partial charge in [-0.2, -0.15) is 0 Å². The third kappa shape index (κ3) is 3.91. The second-order valence-corrected chi connectivity index (χ2v) is 1.72. The monoisotopic (exact) mass is 106 g/mol. The zero-order valence-electron chi connectivity index (χ0n) is 3.71. The lowest BCUT2D eigenvalue weighted by atomic mass is 11.6. The second kappa shape index (κ2) is 3.11. The molecule has 1 unspecified atom stereocenters. The predicted octanol–water partition coefficient (Wildman–Crippen LogP) is 0.362. The molecule has 0 aromatic rings. The van der Waals surface area contributed by atoms with E-state index in [9.17, 15) is 4.55 Å². The van der Waals surface area contributed by atoms with Crippen molar-refractivity contribution in [2.45, 2.75) is 0 Å². The molecule has 1 atom stereocenters. The minimum absolute atomic E-state index is 1.11. The van der Waals surface area contributed by atoms with Gasteiger partial charge in [-0.1, -0.05) is 0 Å². The molecule has 0 fully saturated rings.